The molecule has 0 saturated heterocycles. The van der Waals surface area contributed by atoms with E-state index in [1.807, 2.05) is 0 Å². The monoisotopic (exact) mass is 212 g/mol. The van der Waals surface area contributed by atoms with E-state index in [1.165, 1.54) is 6.08 Å². The maximum absolute atomic E-state index is 10.4. The minimum Gasteiger partial charge on any atom is -0.492 e. The van der Waals surface area contributed by atoms with E-state index >= 15 is 0 Å². The van der Waals surface area contributed by atoms with Crippen molar-refractivity contribution in [2.75, 3.05) is 20.3 Å². The Bertz CT molecular complexity index is 276. The van der Waals surface area contributed by atoms with Crippen LogP contribution in [0.4, 0.5) is 0 Å². The van der Waals surface area contributed by atoms with Gasteiger partial charge in [-0.2, -0.15) is 0 Å². The van der Waals surface area contributed by atoms with Gasteiger partial charge in [-0.1, -0.05) is 6.58 Å². The molecule has 0 aliphatic carbocycles. The molecule has 0 radical (unpaired) electrons. The van der Waals surface area contributed by atoms with Crippen LogP contribution in [0.15, 0.2) is 36.1 Å². The average Bonchev–Trinajstić information content (AvgIpc) is 2.22. The summed E-state index contributed by atoms with van der Waals surface area (Å²) < 4.78 is 10.1. The molecule has 0 heterocycles. The number of methoxy groups -OCH3 is 1. The van der Waals surface area contributed by atoms with Crippen LogP contribution in [0, 0.1) is 0 Å². The lowest BCUT2D eigenvalue weighted by Crippen LogP contribution is -2.01. The quantitative estimate of drug-likeness (QED) is 0.302. The third kappa shape index (κ3) is 6.51. The third-order valence-electron chi connectivity index (χ3n) is 1.56. The fourth-order valence-electron chi connectivity index (χ4n) is 0.725. The molecular weight excluding hydrogens is 196 g/mol. The lowest BCUT2D eigenvalue weighted by atomic mass is 10.2. The van der Waals surface area contributed by atoms with Crippen molar-refractivity contribution in [2.24, 2.45) is 0 Å². The summed E-state index contributed by atoms with van der Waals surface area (Å²) in [5.74, 6) is -0.451. The number of carboxylic acid groups (broad SMARTS) is 1. The van der Waals surface area contributed by atoms with Gasteiger partial charge < -0.3 is 14.6 Å². The summed E-state index contributed by atoms with van der Waals surface area (Å²) in [4.78, 5) is 10.4. The van der Waals surface area contributed by atoms with Crippen LogP contribution < -0.4 is 0 Å². The molecule has 0 bridgehead atoms. The van der Waals surface area contributed by atoms with Crippen LogP contribution >= 0.6 is 0 Å². The molecule has 0 aliphatic heterocycles. The Balaban J connectivity index is 4.11. The van der Waals surface area contributed by atoms with Gasteiger partial charge in [-0.15, -0.1) is 0 Å². The first-order chi connectivity index (χ1) is 7.11. The van der Waals surface area contributed by atoms with E-state index in [0.29, 0.717) is 19.0 Å². The maximum Gasteiger partial charge on any atom is 0.335 e. The number of hydrogen-bond acceptors (Lipinski definition) is 3. The first kappa shape index (κ1) is 13.4. The SMILES string of the molecule is C=C(/C=C\C(=C/C)OCCOC)C(=O)O. The summed E-state index contributed by atoms with van der Waals surface area (Å²) in [6.45, 7) is 6.09. The first-order valence-corrected chi connectivity index (χ1v) is 4.50. The normalized spacial score (nSPS) is 11.7. The number of carbonyl (C=O) groups is 1. The Morgan fingerprint density at radius 3 is 2.53 bits per heavy atom. The van der Waals surface area contributed by atoms with Crippen molar-refractivity contribution in [3.05, 3.63) is 36.1 Å². The molecule has 1 N–H and O–H groups in total. The molecule has 84 valence electrons. The summed E-state index contributed by atoms with van der Waals surface area (Å²) in [6, 6.07) is 0. The highest BCUT2D eigenvalue weighted by Gasteiger charge is 1.98. The van der Waals surface area contributed by atoms with Crippen molar-refractivity contribution in [2.45, 2.75) is 6.92 Å². The van der Waals surface area contributed by atoms with Gasteiger partial charge in [0.2, 0.25) is 0 Å². The van der Waals surface area contributed by atoms with Gasteiger partial charge in [-0.25, -0.2) is 4.79 Å². The van der Waals surface area contributed by atoms with Crippen molar-refractivity contribution < 1.29 is 19.4 Å². The highest BCUT2D eigenvalue weighted by atomic mass is 16.5. The van der Waals surface area contributed by atoms with Crippen LogP contribution in [0.5, 0.6) is 0 Å². The third-order valence-corrected chi connectivity index (χ3v) is 1.56. The van der Waals surface area contributed by atoms with Gasteiger partial charge in [0.05, 0.1) is 12.2 Å². The summed E-state index contributed by atoms with van der Waals surface area (Å²) in [7, 11) is 1.58. The Kier molecular flexibility index (Phi) is 7.01. The number of ether oxygens (including phenoxy) is 2. The molecule has 0 atom stereocenters. The number of hydrogen-bond donors (Lipinski definition) is 1. The van der Waals surface area contributed by atoms with E-state index < -0.39 is 5.97 Å². The zero-order valence-electron chi connectivity index (χ0n) is 9.03. The molecule has 0 rings (SSSR count). The van der Waals surface area contributed by atoms with Gasteiger partial charge in [0.15, 0.2) is 0 Å². The standard InChI is InChI=1S/C11H16O4/c1-4-10(15-8-7-14-3)6-5-9(2)11(12)13/h4-6H,2,7-8H2,1,3H3,(H,12,13)/b6-5-,10-4+. The molecule has 0 fully saturated rings. The minimum absolute atomic E-state index is 0.0182. The molecule has 0 aliphatic rings. The highest BCUT2D eigenvalue weighted by molar-refractivity contribution is 5.89. The van der Waals surface area contributed by atoms with Crippen LogP contribution in [0.2, 0.25) is 0 Å². The molecule has 0 aromatic carbocycles. The molecule has 0 amide bonds. The number of aliphatic carboxylic acids is 1. The van der Waals surface area contributed by atoms with Gasteiger partial charge >= 0.3 is 5.97 Å². The molecule has 0 saturated carbocycles. The lowest BCUT2D eigenvalue weighted by molar-refractivity contribution is -0.132. The summed E-state index contributed by atoms with van der Waals surface area (Å²) >= 11 is 0. The summed E-state index contributed by atoms with van der Waals surface area (Å²) in [5.41, 5.74) is 0.0182. The highest BCUT2D eigenvalue weighted by Crippen LogP contribution is 2.02. The van der Waals surface area contributed by atoms with Gasteiger partial charge in [-0.05, 0) is 25.2 Å². The largest absolute Gasteiger partial charge is 0.492 e. The second kappa shape index (κ2) is 7.82. The minimum atomic E-state index is -1.04. The second-order valence-corrected chi connectivity index (χ2v) is 2.70. The molecule has 0 unspecified atom stereocenters. The smallest absolute Gasteiger partial charge is 0.335 e. The van der Waals surface area contributed by atoms with Crippen LogP contribution in [0.1, 0.15) is 6.92 Å². The predicted molar refractivity (Wildman–Crippen MR) is 57.5 cm³/mol. The Labute approximate surface area is 89.5 Å². The van der Waals surface area contributed by atoms with Crippen LogP contribution in [-0.2, 0) is 14.3 Å². The summed E-state index contributed by atoms with van der Waals surface area (Å²) in [5, 5.41) is 8.55. The van der Waals surface area contributed by atoms with Crippen molar-refractivity contribution >= 4 is 5.97 Å². The van der Waals surface area contributed by atoms with Crippen molar-refractivity contribution in [3.8, 4) is 0 Å². The van der Waals surface area contributed by atoms with Crippen molar-refractivity contribution in [1.29, 1.82) is 0 Å². The fourth-order valence-corrected chi connectivity index (χ4v) is 0.725. The van der Waals surface area contributed by atoms with Crippen LogP contribution in [0.3, 0.4) is 0 Å². The van der Waals surface area contributed by atoms with E-state index in [4.69, 9.17) is 14.6 Å². The first-order valence-electron chi connectivity index (χ1n) is 4.50. The van der Waals surface area contributed by atoms with Crippen molar-refractivity contribution in [3.63, 3.8) is 0 Å². The Morgan fingerprint density at radius 2 is 2.07 bits per heavy atom. The molecule has 15 heavy (non-hydrogen) atoms. The number of carboxylic acids is 1. The topological polar surface area (TPSA) is 55.8 Å². The van der Waals surface area contributed by atoms with Crippen molar-refractivity contribution in [1.82, 2.24) is 0 Å². The average molecular weight is 212 g/mol. The van der Waals surface area contributed by atoms with E-state index in [-0.39, 0.29) is 5.57 Å². The number of allylic oxidation sites excluding steroid dienone is 2. The molecule has 0 aromatic heterocycles. The molecule has 0 aromatic rings. The fraction of sp³-hybridized carbons (Fsp3) is 0.364. The zero-order chi connectivity index (χ0) is 11.7. The zero-order valence-corrected chi connectivity index (χ0v) is 9.03. The number of rotatable bonds is 7. The van der Waals surface area contributed by atoms with Gasteiger partial charge in [0.25, 0.3) is 0 Å². The molecule has 0 spiro atoms. The Morgan fingerprint density at radius 1 is 1.40 bits per heavy atom. The van der Waals surface area contributed by atoms with Gasteiger partial charge in [0.1, 0.15) is 12.4 Å². The lowest BCUT2D eigenvalue weighted by Gasteiger charge is -2.05. The van der Waals surface area contributed by atoms with E-state index in [0.717, 1.165) is 0 Å². The van der Waals surface area contributed by atoms with E-state index in [2.05, 4.69) is 6.58 Å². The summed E-state index contributed by atoms with van der Waals surface area (Å²) in [6.07, 6.45) is 4.69. The van der Waals surface area contributed by atoms with Crippen LogP contribution in [-0.4, -0.2) is 31.4 Å². The van der Waals surface area contributed by atoms with E-state index in [9.17, 15) is 4.79 Å². The van der Waals surface area contributed by atoms with Crippen LogP contribution in [0.25, 0.3) is 0 Å². The molecule has 4 heteroatoms. The maximum atomic E-state index is 10.4. The van der Waals surface area contributed by atoms with E-state index in [1.54, 1.807) is 26.2 Å². The van der Waals surface area contributed by atoms with Gasteiger partial charge in [-0.3, -0.25) is 0 Å². The predicted octanol–water partition coefficient (Wildman–Crippen LogP) is 1.75. The van der Waals surface area contributed by atoms with Gasteiger partial charge in [0, 0.05) is 7.11 Å². The Hall–Kier alpha value is -1.55. The second-order valence-electron chi connectivity index (χ2n) is 2.70. The molecule has 4 nitrogen and oxygen atoms in total. The molecular formula is C11H16O4.